The van der Waals surface area contributed by atoms with Gasteiger partial charge in [-0.3, -0.25) is 9.69 Å². The zero-order valence-electron chi connectivity index (χ0n) is 8.79. The molecule has 78 valence electrons. The third-order valence-electron chi connectivity index (χ3n) is 3.54. The second-order valence-corrected chi connectivity index (χ2v) is 4.45. The first-order chi connectivity index (χ1) is 7.20. The van der Waals surface area contributed by atoms with E-state index in [0.717, 1.165) is 13.0 Å². The molecule has 2 heterocycles. The largest absolute Gasteiger partial charge is 0.333 e. The first-order valence-corrected chi connectivity index (χ1v) is 5.34. The van der Waals surface area contributed by atoms with Crippen molar-refractivity contribution >= 4 is 5.91 Å². The van der Waals surface area contributed by atoms with Gasteiger partial charge in [0.15, 0.2) is 0 Å². The van der Waals surface area contributed by atoms with Crippen LogP contribution < -0.4 is 5.32 Å². The molecule has 1 aromatic rings. The van der Waals surface area contributed by atoms with Crippen LogP contribution in [0.15, 0.2) is 24.3 Å². The monoisotopic (exact) mass is 202 g/mol. The van der Waals surface area contributed by atoms with Crippen molar-refractivity contribution in [2.45, 2.75) is 19.0 Å². The van der Waals surface area contributed by atoms with Gasteiger partial charge in [0, 0.05) is 6.54 Å². The van der Waals surface area contributed by atoms with E-state index in [1.54, 1.807) is 0 Å². The maximum absolute atomic E-state index is 11.5. The molecule has 1 atom stereocenters. The number of fused-ring (bicyclic) bond motifs is 3. The van der Waals surface area contributed by atoms with Crippen LogP contribution in [0.5, 0.6) is 0 Å². The van der Waals surface area contributed by atoms with Crippen LogP contribution in [0.3, 0.4) is 0 Å². The predicted octanol–water partition coefficient (Wildman–Crippen LogP) is 0.847. The highest BCUT2D eigenvalue weighted by Gasteiger charge is 2.44. The molecule has 1 fully saturated rings. The van der Waals surface area contributed by atoms with E-state index < -0.39 is 0 Å². The summed E-state index contributed by atoms with van der Waals surface area (Å²) >= 11 is 0. The van der Waals surface area contributed by atoms with Gasteiger partial charge in [0.25, 0.3) is 0 Å². The number of carbonyl (C=O) groups is 1. The molecule has 3 nitrogen and oxygen atoms in total. The van der Waals surface area contributed by atoms with E-state index in [1.807, 2.05) is 6.07 Å². The summed E-state index contributed by atoms with van der Waals surface area (Å²) in [6.07, 6.45) is 1.04. The van der Waals surface area contributed by atoms with Crippen LogP contribution in [0, 0.1) is 0 Å². The minimum atomic E-state index is -0.272. The van der Waals surface area contributed by atoms with Crippen molar-refractivity contribution in [1.29, 1.82) is 0 Å². The van der Waals surface area contributed by atoms with Gasteiger partial charge in [-0.15, -0.1) is 0 Å². The predicted molar refractivity (Wildman–Crippen MR) is 57.2 cm³/mol. The van der Waals surface area contributed by atoms with E-state index in [-0.39, 0.29) is 11.6 Å². The highest BCUT2D eigenvalue weighted by atomic mass is 16.2. The minimum Gasteiger partial charge on any atom is -0.333 e. The van der Waals surface area contributed by atoms with Crippen LogP contribution in [-0.4, -0.2) is 23.9 Å². The smallest absolute Gasteiger partial charge is 0.235 e. The number of hydrogen-bond donors (Lipinski definition) is 1. The van der Waals surface area contributed by atoms with Crippen molar-refractivity contribution in [1.82, 2.24) is 10.2 Å². The van der Waals surface area contributed by atoms with E-state index in [4.69, 9.17) is 0 Å². The number of carbonyl (C=O) groups excluding carboxylic acids is 1. The van der Waals surface area contributed by atoms with Gasteiger partial charge >= 0.3 is 0 Å². The second-order valence-electron chi connectivity index (χ2n) is 4.45. The highest BCUT2D eigenvalue weighted by molar-refractivity contribution is 5.81. The Labute approximate surface area is 89.1 Å². The molecule has 0 aliphatic carbocycles. The Bertz CT molecular complexity index is 429. The molecular weight excluding hydrogens is 188 g/mol. The molecule has 0 radical (unpaired) electrons. The molecule has 1 unspecified atom stereocenters. The average Bonchev–Trinajstić information content (AvgIpc) is 2.53. The third-order valence-corrected chi connectivity index (χ3v) is 3.54. The lowest BCUT2D eigenvalue weighted by molar-refractivity contribution is -0.118. The van der Waals surface area contributed by atoms with E-state index in [2.05, 4.69) is 35.3 Å². The Morgan fingerprint density at radius 3 is 3.07 bits per heavy atom. The molecule has 0 aromatic heterocycles. The fourth-order valence-corrected chi connectivity index (χ4v) is 2.73. The lowest BCUT2D eigenvalue weighted by Gasteiger charge is -2.40. The topological polar surface area (TPSA) is 32.3 Å². The standard InChI is InChI=1S/C12H14N2O/c1-12-10-5-3-2-4-9(10)6-7-14(12)8-11(15)13-12/h2-5H,6-8H2,1H3,(H,13,15). The maximum Gasteiger partial charge on any atom is 0.235 e. The van der Waals surface area contributed by atoms with Crippen LogP contribution in [0.25, 0.3) is 0 Å². The summed E-state index contributed by atoms with van der Waals surface area (Å²) in [5, 5.41) is 3.08. The molecule has 1 amide bonds. The molecule has 0 spiro atoms. The molecule has 1 N–H and O–H groups in total. The Balaban J connectivity index is 2.15. The Hall–Kier alpha value is -1.35. The molecule has 3 heteroatoms. The molecule has 1 saturated heterocycles. The number of nitrogens with one attached hydrogen (secondary N) is 1. The highest BCUT2D eigenvalue weighted by Crippen LogP contribution is 2.35. The summed E-state index contributed by atoms with van der Waals surface area (Å²) in [4.78, 5) is 13.7. The zero-order chi connectivity index (χ0) is 10.5. The summed E-state index contributed by atoms with van der Waals surface area (Å²) in [5.74, 6) is 0.134. The summed E-state index contributed by atoms with van der Waals surface area (Å²) in [7, 11) is 0. The molecule has 1 aromatic carbocycles. The first-order valence-electron chi connectivity index (χ1n) is 5.34. The Morgan fingerprint density at radius 1 is 1.40 bits per heavy atom. The van der Waals surface area contributed by atoms with Crippen molar-refractivity contribution in [2.24, 2.45) is 0 Å². The average molecular weight is 202 g/mol. The van der Waals surface area contributed by atoms with Crippen molar-refractivity contribution in [3.05, 3.63) is 35.4 Å². The molecular formula is C12H14N2O. The first kappa shape index (κ1) is 8.92. The van der Waals surface area contributed by atoms with Crippen molar-refractivity contribution in [3.63, 3.8) is 0 Å². The number of amides is 1. The summed E-state index contributed by atoms with van der Waals surface area (Å²) in [5.41, 5.74) is 2.34. The summed E-state index contributed by atoms with van der Waals surface area (Å²) < 4.78 is 0. The molecule has 0 bridgehead atoms. The van der Waals surface area contributed by atoms with Crippen LogP contribution >= 0.6 is 0 Å². The molecule has 2 aliphatic heterocycles. The SMILES string of the molecule is CC12NC(=O)CN1CCc1ccccc12. The quantitative estimate of drug-likeness (QED) is 0.676. The lowest BCUT2D eigenvalue weighted by Crippen LogP contribution is -2.50. The van der Waals surface area contributed by atoms with E-state index >= 15 is 0 Å². The molecule has 0 saturated carbocycles. The van der Waals surface area contributed by atoms with Crippen LogP contribution in [-0.2, 0) is 16.9 Å². The van der Waals surface area contributed by atoms with Crippen LogP contribution in [0.1, 0.15) is 18.1 Å². The fourth-order valence-electron chi connectivity index (χ4n) is 2.73. The van der Waals surface area contributed by atoms with Gasteiger partial charge in [-0.2, -0.15) is 0 Å². The van der Waals surface area contributed by atoms with Crippen LogP contribution in [0.4, 0.5) is 0 Å². The van der Waals surface area contributed by atoms with E-state index in [1.165, 1.54) is 11.1 Å². The number of benzene rings is 1. The van der Waals surface area contributed by atoms with Gasteiger partial charge in [0.05, 0.1) is 6.54 Å². The van der Waals surface area contributed by atoms with Crippen molar-refractivity contribution in [2.75, 3.05) is 13.1 Å². The maximum atomic E-state index is 11.5. The van der Waals surface area contributed by atoms with Gasteiger partial charge in [0.1, 0.15) is 5.66 Å². The van der Waals surface area contributed by atoms with Crippen LogP contribution in [0.2, 0.25) is 0 Å². The summed E-state index contributed by atoms with van der Waals surface area (Å²) in [6, 6.07) is 8.38. The fraction of sp³-hybridized carbons (Fsp3) is 0.417. The third kappa shape index (κ3) is 1.13. The number of rotatable bonds is 0. The van der Waals surface area contributed by atoms with E-state index in [9.17, 15) is 4.79 Å². The van der Waals surface area contributed by atoms with E-state index in [0.29, 0.717) is 6.54 Å². The minimum absolute atomic E-state index is 0.134. The molecule has 15 heavy (non-hydrogen) atoms. The van der Waals surface area contributed by atoms with Gasteiger partial charge in [-0.1, -0.05) is 24.3 Å². The Kier molecular flexibility index (Phi) is 1.68. The van der Waals surface area contributed by atoms with Gasteiger partial charge < -0.3 is 5.32 Å². The van der Waals surface area contributed by atoms with Gasteiger partial charge in [-0.25, -0.2) is 0 Å². The molecule has 3 rings (SSSR count). The van der Waals surface area contributed by atoms with Crippen molar-refractivity contribution in [3.8, 4) is 0 Å². The Morgan fingerprint density at radius 2 is 2.20 bits per heavy atom. The number of nitrogens with zero attached hydrogens (tertiary/aromatic N) is 1. The van der Waals surface area contributed by atoms with Crippen molar-refractivity contribution < 1.29 is 4.79 Å². The second kappa shape index (κ2) is 2.83. The van der Waals surface area contributed by atoms with Gasteiger partial charge in [-0.05, 0) is 24.5 Å². The molecule has 2 aliphatic rings. The summed E-state index contributed by atoms with van der Waals surface area (Å²) in [6.45, 7) is 3.59. The zero-order valence-corrected chi connectivity index (χ0v) is 8.79. The normalized spacial score (nSPS) is 29.5. The lowest BCUT2D eigenvalue weighted by atomic mass is 9.89. The van der Waals surface area contributed by atoms with Gasteiger partial charge in [0.2, 0.25) is 5.91 Å². The number of hydrogen-bond acceptors (Lipinski definition) is 2.